The monoisotopic (exact) mass is 293 g/mol. The number of hydrogen-bond donors (Lipinski definition) is 3. The normalized spacial score (nSPS) is 11.5. The molecule has 1 unspecified atom stereocenters. The standard InChI is InChI=1S/C14H19N3O4/c1-9(16-14(15)21)12(18)17(2)8-7-10-5-3-4-6-11(10)13(19)20/h3-6,9H,7-8H2,1-2H3,(H,19,20)(H3,15,16,21). The van der Waals surface area contributed by atoms with Gasteiger partial charge in [0.1, 0.15) is 6.04 Å². The van der Waals surface area contributed by atoms with Gasteiger partial charge in [-0.3, -0.25) is 4.79 Å². The molecule has 1 aromatic rings. The van der Waals surface area contributed by atoms with E-state index in [0.29, 0.717) is 18.5 Å². The van der Waals surface area contributed by atoms with Crippen molar-refractivity contribution < 1.29 is 19.5 Å². The molecule has 7 heteroatoms. The van der Waals surface area contributed by atoms with E-state index in [-0.39, 0.29) is 11.5 Å². The molecule has 3 amide bonds. The topological polar surface area (TPSA) is 113 Å². The van der Waals surface area contributed by atoms with Gasteiger partial charge < -0.3 is 21.1 Å². The molecule has 0 radical (unpaired) electrons. The number of amides is 3. The van der Waals surface area contributed by atoms with Gasteiger partial charge in [-0.25, -0.2) is 9.59 Å². The maximum Gasteiger partial charge on any atom is 0.335 e. The third-order valence-corrected chi connectivity index (χ3v) is 3.07. The van der Waals surface area contributed by atoms with Crippen molar-refractivity contribution in [2.24, 2.45) is 5.73 Å². The summed E-state index contributed by atoms with van der Waals surface area (Å²) in [6, 6.07) is 5.16. The van der Waals surface area contributed by atoms with Gasteiger partial charge in [-0.2, -0.15) is 0 Å². The van der Waals surface area contributed by atoms with Crippen molar-refractivity contribution >= 4 is 17.9 Å². The Kier molecular flexibility index (Phi) is 5.71. The summed E-state index contributed by atoms with van der Waals surface area (Å²) in [5.41, 5.74) is 5.84. The van der Waals surface area contributed by atoms with Crippen molar-refractivity contribution in [3.05, 3.63) is 35.4 Å². The molecule has 21 heavy (non-hydrogen) atoms. The van der Waals surface area contributed by atoms with E-state index >= 15 is 0 Å². The van der Waals surface area contributed by atoms with Gasteiger partial charge >= 0.3 is 12.0 Å². The van der Waals surface area contributed by atoms with Crippen LogP contribution in [-0.4, -0.2) is 47.5 Å². The molecule has 0 saturated carbocycles. The van der Waals surface area contributed by atoms with Gasteiger partial charge in [0, 0.05) is 13.6 Å². The molecule has 1 atom stereocenters. The van der Waals surface area contributed by atoms with Crippen LogP contribution in [0.15, 0.2) is 24.3 Å². The fourth-order valence-corrected chi connectivity index (χ4v) is 1.95. The van der Waals surface area contributed by atoms with Crippen LogP contribution in [0.3, 0.4) is 0 Å². The average Bonchev–Trinajstić information content (AvgIpc) is 2.43. The van der Waals surface area contributed by atoms with Crippen molar-refractivity contribution in [3.63, 3.8) is 0 Å². The van der Waals surface area contributed by atoms with Crippen LogP contribution in [0.2, 0.25) is 0 Å². The quantitative estimate of drug-likeness (QED) is 0.706. The van der Waals surface area contributed by atoms with Gasteiger partial charge in [0.05, 0.1) is 5.56 Å². The third-order valence-electron chi connectivity index (χ3n) is 3.07. The molecule has 4 N–H and O–H groups in total. The van der Waals surface area contributed by atoms with Crippen LogP contribution in [0.1, 0.15) is 22.8 Å². The maximum absolute atomic E-state index is 12.0. The van der Waals surface area contributed by atoms with Crippen molar-refractivity contribution in [2.75, 3.05) is 13.6 Å². The van der Waals surface area contributed by atoms with Crippen molar-refractivity contribution in [2.45, 2.75) is 19.4 Å². The number of carbonyl (C=O) groups excluding carboxylic acids is 2. The van der Waals surface area contributed by atoms with E-state index in [0.717, 1.165) is 0 Å². The molecule has 0 aliphatic carbocycles. The highest BCUT2D eigenvalue weighted by Crippen LogP contribution is 2.10. The van der Waals surface area contributed by atoms with E-state index in [1.165, 1.54) is 17.9 Å². The lowest BCUT2D eigenvalue weighted by Crippen LogP contribution is -2.47. The zero-order valence-corrected chi connectivity index (χ0v) is 12.0. The maximum atomic E-state index is 12.0. The molecule has 0 heterocycles. The summed E-state index contributed by atoms with van der Waals surface area (Å²) in [6.45, 7) is 1.88. The molecule has 0 aliphatic heterocycles. The lowest BCUT2D eigenvalue weighted by atomic mass is 10.0. The SMILES string of the molecule is CC(NC(N)=O)C(=O)N(C)CCc1ccccc1C(=O)O. The van der Waals surface area contributed by atoms with Crippen LogP contribution < -0.4 is 11.1 Å². The molecule has 114 valence electrons. The minimum atomic E-state index is -0.997. The number of nitrogens with two attached hydrogens (primary N) is 1. The van der Waals surface area contributed by atoms with Gasteiger partial charge in [-0.15, -0.1) is 0 Å². The first-order valence-electron chi connectivity index (χ1n) is 6.45. The predicted octanol–water partition coefficient (Wildman–Crippen LogP) is 0.443. The molecule has 0 saturated heterocycles. The molecule has 0 aliphatic rings. The summed E-state index contributed by atoms with van der Waals surface area (Å²) in [6.07, 6.45) is 0.411. The lowest BCUT2D eigenvalue weighted by molar-refractivity contribution is -0.131. The minimum absolute atomic E-state index is 0.224. The molecule has 7 nitrogen and oxygen atoms in total. The first-order chi connectivity index (χ1) is 9.82. The minimum Gasteiger partial charge on any atom is -0.478 e. The zero-order valence-electron chi connectivity index (χ0n) is 12.0. The second kappa shape index (κ2) is 7.28. The van der Waals surface area contributed by atoms with Crippen molar-refractivity contribution in [1.29, 1.82) is 0 Å². The van der Waals surface area contributed by atoms with Gasteiger partial charge in [-0.1, -0.05) is 18.2 Å². The number of carboxylic acid groups (broad SMARTS) is 1. The molecular weight excluding hydrogens is 274 g/mol. The Bertz CT molecular complexity index is 545. The Morgan fingerprint density at radius 3 is 2.52 bits per heavy atom. The summed E-state index contributed by atoms with van der Waals surface area (Å²) in [4.78, 5) is 35.2. The summed E-state index contributed by atoms with van der Waals surface area (Å²) >= 11 is 0. The summed E-state index contributed by atoms with van der Waals surface area (Å²) in [5, 5.41) is 11.4. The molecule has 0 spiro atoms. The summed E-state index contributed by atoms with van der Waals surface area (Å²) in [5.74, 6) is -1.29. The van der Waals surface area contributed by atoms with E-state index in [2.05, 4.69) is 5.32 Å². The van der Waals surface area contributed by atoms with E-state index in [9.17, 15) is 14.4 Å². The van der Waals surface area contributed by atoms with Crippen LogP contribution in [0, 0.1) is 0 Å². The van der Waals surface area contributed by atoms with Gasteiger partial charge in [-0.05, 0) is 25.0 Å². The Hall–Kier alpha value is -2.57. The number of nitrogens with one attached hydrogen (secondary N) is 1. The van der Waals surface area contributed by atoms with Crippen LogP contribution in [0.5, 0.6) is 0 Å². The first kappa shape index (κ1) is 16.5. The first-order valence-corrected chi connectivity index (χ1v) is 6.45. The smallest absolute Gasteiger partial charge is 0.335 e. The van der Waals surface area contributed by atoms with Crippen LogP contribution in [0.25, 0.3) is 0 Å². The Labute approximate surface area is 122 Å². The number of urea groups is 1. The second-order valence-corrected chi connectivity index (χ2v) is 4.70. The molecule has 0 aromatic heterocycles. The number of aromatic carboxylic acids is 1. The number of nitrogens with zero attached hydrogens (tertiary/aromatic N) is 1. The Morgan fingerprint density at radius 1 is 1.33 bits per heavy atom. The van der Waals surface area contributed by atoms with Gasteiger partial charge in [0.25, 0.3) is 0 Å². The third kappa shape index (κ3) is 4.79. The van der Waals surface area contributed by atoms with Gasteiger partial charge in [0.2, 0.25) is 5.91 Å². The summed E-state index contributed by atoms with van der Waals surface area (Å²) in [7, 11) is 1.59. The second-order valence-electron chi connectivity index (χ2n) is 4.70. The number of carbonyl (C=O) groups is 3. The van der Waals surface area contributed by atoms with Crippen LogP contribution >= 0.6 is 0 Å². The van der Waals surface area contributed by atoms with Crippen LogP contribution in [-0.2, 0) is 11.2 Å². The highest BCUT2D eigenvalue weighted by Gasteiger charge is 2.19. The Balaban J connectivity index is 2.65. The van der Waals surface area contributed by atoms with E-state index in [1.54, 1.807) is 25.2 Å². The van der Waals surface area contributed by atoms with E-state index < -0.39 is 18.0 Å². The highest BCUT2D eigenvalue weighted by atomic mass is 16.4. The molecular formula is C14H19N3O4. The number of carboxylic acids is 1. The Morgan fingerprint density at radius 2 is 1.95 bits per heavy atom. The van der Waals surface area contributed by atoms with E-state index in [4.69, 9.17) is 10.8 Å². The highest BCUT2D eigenvalue weighted by molar-refractivity contribution is 5.89. The number of rotatable bonds is 6. The van der Waals surface area contributed by atoms with E-state index in [1.807, 2.05) is 0 Å². The van der Waals surface area contributed by atoms with Crippen molar-refractivity contribution in [1.82, 2.24) is 10.2 Å². The van der Waals surface area contributed by atoms with Crippen LogP contribution in [0.4, 0.5) is 4.79 Å². The number of benzene rings is 1. The molecule has 0 fully saturated rings. The zero-order chi connectivity index (χ0) is 16.0. The van der Waals surface area contributed by atoms with Gasteiger partial charge in [0.15, 0.2) is 0 Å². The fraction of sp³-hybridized carbons (Fsp3) is 0.357. The molecule has 1 rings (SSSR count). The number of primary amides is 1. The molecule has 1 aromatic carbocycles. The number of likely N-dealkylation sites (N-methyl/N-ethyl adjacent to an activating group) is 1. The van der Waals surface area contributed by atoms with Crippen molar-refractivity contribution in [3.8, 4) is 0 Å². The fourth-order valence-electron chi connectivity index (χ4n) is 1.95. The summed E-state index contributed by atoms with van der Waals surface area (Å²) < 4.78 is 0. The predicted molar refractivity (Wildman–Crippen MR) is 76.9 cm³/mol. The largest absolute Gasteiger partial charge is 0.478 e. The lowest BCUT2D eigenvalue weighted by Gasteiger charge is -2.21. The average molecular weight is 293 g/mol. The number of hydrogen-bond acceptors (Lipinski definition) is 3. The molecule has 0 bridgehead atoms.